The molecule has 1 aliphatic carbocycles. The molecule has 0 radical (unpaired) electrons. The zero-order valence-corrected chi connectivity index (χ0v) is 30.5. The Balaban J connectivity index is 1.53. The van der Waals surface area contributed by atoms with Crippen molar-refractivity contribution in [1.82, 2.24) is 29.9 Å². The molecule has 5 aromatic rings. The van der Waals surface area contributed by atoms with Gasteiger partial charge < -0.3 is 16.2 Å². The number of carbonyl (C=O) groups is 2. The molecular weight excluding hydrogens is 766 g/mol. The number of carbonyl (C=O) groups excluding carboxylic acids is 2. The summed E-state index contributed by atoms with van der Waals surface area (Å²) in [6, 6.07) is 6.56. The molecule has 2 aromatic carbocycles. The molecule has 56 heavy (non-hydrogen) atoms. The number of hydrogen-bond acceptors (Lipinski definition) is 6. The van der Waals surface area contributed by atoms with Crippen LogP contribution in [0.15, 0.2) is 42.5 Å². The molecule has 3 heterocycles. The van der Waals surface area contributed by atoms with Gasteiger partial charge in [0.25, 0.3) is 6.43 Å². The molecule has 0 spiro atoms. The third-order valence-electron chi connectivity index (χ3n) is 8.86. The molecule has 0 saturated carbocycles. The quantitative estimate of drug-likeness (QED) is 0.101. The van der Waals surface area contributed by atoms with Crippen LogP contribution >= 0.6 is 11.6 Å². The lowest BCUT2D eigenvalue weighted by molar-refractivity contribution is -0.123. The minimum absolute atomic E-state index is 0.0166. The van der Waals surface area contributed by atoms with Gasteiger partial charge in [0.2, 0.25) is 5.91 Å². The summed E-state index contributed by atoms with van der Waals surface area (Å²) < 4.78 is 89.8. The van der Waals surface area contributed by atoms with Gasteiger partial charge in [0, 0.05) is 29.8 Å². The van der Waals surface area contributed by atoms with Crippen molar-refractivity contribution >= 4 is 40.3 Å². The molecule has 0 bridgehead atoms. The number of terminal acetylenes is 1. The van der Waals surface area contributed by atoms with Crippen molar-refractivity contribution in [2.45, 2.75) is 57.2 Å². The fourth-order valence-electron chi connectivity index (χ4n) is 6.65. The molecule has 1 aliphatic rings. The Bertz CT molecular complexity index is 2490. The summed E-state index contributed by atoms with van der Waals surface area (Å²) >= 11 is 6.56. The van der Waals surface area contributed by atoms with Crippen LogP contribution in [0.2, 0.25) is 5.02 Å². The minimum atomic E-state index is -3.80. The van der Waals surface area contributed by atoms with Gasteiger partial charge in [0.05, 0.1) is 33.6 Å². The van der Waals surface area contributed by atoms with E-state index in [-0.39, 0.29) is 45.2 Å². The van der Waals surface area contributed by atoms with Gasteiger partial charge in [-0.1, -0.05) is 29.5 Å². The van der Waals surface area contributed by atoms with E-state index in [4.69, 9.17) is 28.7 Å². The van der Waals surface area contributed by atoms with E-state index < -0.39 is 83.4 Å². The van der Waals surface area contributed by atoms with Crippen LogP contribution < -0.4 is 16.4 Å². The SMILES string of the molecule is C#C[C@@H]1Cc2c(C(F)F)nn(CC(=O)N[C@@H](Cc3cc(F)cc(F)c3)c3nc(C#CC(C)(C)O)ccc3-c3ccc(Cl)c4c(NC(N)=O)nn(C)c34)c2C1(F)F. The number of aliphatic hydroxyl groups is 1. The predicted molar refractivity (Wildman–Crippen MR) is 193 cm³/mol. The van der Waals surface area contributed by atoms with Crippen molar-refractivity contribution in [1.29, 1.82) is 0 Å². The van der Waals surface area contributed by atoms with Crippen LogP contribution in [0, 0.1) is 41.7 Å². The number of nitrogens with one attached hydrogen (secondary N) is 2. The lowest BCUT2D eigenvalue weighted by Crippen LogP contribution is -2.35. The standard InChI is InChI=1S/C38H31ClF6N8O3/c1-5-19-15-25-31(34(42)43)50-53(33(25)38(19,44)45)17-28(54)48-27(14-18-12-20(40)16-21(41)13-18)30-23(7-6-22(47-30)10-11-37(2,3)56)24-8-9-26(39)29-32(24)52(4)51-35(29)49-36(46)55/h1,6-9,12-13,16,19,27,34,56H,14-15,17H2,2-4H3,(H,48,54)(H3,46,49,51,55)/t19-,27+/m1/s1. The van der Waals surface area contributed by atoms with Gasteiger partial charge in [-0.05, 0) is 68.5 Å². The first kappa shape index (κ1) is 39.6. The second-order valence-corrected chi connectivity index (χ2v) is 13.9. The number of aryl methyl sites for hydroxylation is 1. The van der Waals surface area contributed by atoms with Crippen LogP contribution in [0.4, 0.5) is 37.0 Å². The molecule has 5 N–H and O–H groups in total. The molecule has 18 heteroatoms. The smallest absolute Gasteiger partial charge is 0.317 e. The van der Waals surface area contributed by atoms with Crippen molar-refractivity contribution < 1.29 is 41.0 Å². The third-order valence-corrected chi connectivity index (χ3v) is 9.18. The van der Waals surface area contributed by atoms with Crippen molar-refractivity contribution in [3.8, 4) is 35.3 Å². The molecule has 3 amide bonds. The average Bonchev–Trinajstić information content (AvgIpc) is 3.71. The van der Waals surface area contributed by atoms with Crippen molar-refractivity contribution in [2.24, 2.45) is 18.7 Å². The maximum absolute atomic E-state index is 15.4. The molecule has 11 nitrogen and oxygen atoms in total. The number of fused-ring (bicyclic) bond motifs is 2. The van der Waals surface area contributed by atoms with Crippen molar-refractivity contribution in [2.75, 3.05) is 5.32 Å². The highest BCUT2D eigenvalue weighted by molar-refractivity contribution is 6.37. The topological polar surface area (TPSA) is 153 Å². The van der Waals surface area contributed by atoms with Crippen LogP contribution in [-0.2, 0) is 37.2 Å². The van der Waals surface area contributed by atoms with Crippen LogP contribution in [0.25, 0.3) is 22.0 Å². The number of primary amides is 1. The molecule has 0 unspecified atom stereocenters. The van der Waals surface area contributed by atoms with Crippen LogP contribution in [0.1, 0.15) is 60.2 Å². The molecule has 2 atom stereocenters. The van der Waals surface area contributed by atoms with E-state index in [0.717, 1.165) is 12.1 Å². The number of hydrogen-bond donors (Lipinski definition) is 4. The molecule has 3 aromatic heterocycles. The van der Waals surface area contributed by atoms with Gasteiger partial charge in [0.15, 0.2) is 5.82 Å². The molecule has 6 rings (SSSR count). The normalized spacial score (nSPS) is 15.2. The fraction of sp³-hybridized carbons (Fsp3) is 0.289. The minimum Gasteiger partial charge on any atom is -0.378 e. The highest BCUT2D eigenvalue weighted by atomic mass is 35.5. The number of aromatic nitrogens is 5. The third kappa shape index (κ3) is 7.87. The molecule has 290 valence electrons. The van der Waals surface area contributed by atoms with Gasteiger partial charge in [0.1, 0.15) is 40.9 Å². The number of amides is 3. The number of halogens is 7. The highest BCUT2D eigenvalue weighted by Crippen LogP contribution is 2.48. The first-order valence-electron chi connectivity index (χ1n) is 16.7. The summed E-state index contributed by atoms with van der Waals surface area (Å²) in [7, 11) is 1.55. The van der Waals surface area contributed by atoms with Crippen LogP contribution in [0.3, 0.4) is 0 Å². The van der Waals surface area contributed by atoms with Gasteiger partial charge >= 0.3 is 12.0 Å². The Morgan fingerprint density at radius 1 is 1.11 bits per heavy atom. The fourth-order valence-corrected chi connectivity index (χ4v) is 6.90. The lowest BCUT2D eigenvalue weighted by atomic mass is 9.93. The van der Waals surface area contributed by atoms with E-state index in [1.54, 1.807) is 19.2 Å². The Labute approximate surface area is 320 Å². The second kappa shape index (κ2) is 14.9. The van der Waals surface area contributed by atoms with E-state index >= 15 is 8.78 Å². The Hall–Kier alpha value is -6.04. The number of benzene rings is 2. The number of pyridine rings is 1. The molecule has 0 aliphatic heterocycles. The summed E-state index contributed by atoms with van der Waals surface area (Å²) in [5.41, 5.74) is 2.72. The summed E-state index contributed by atoms with van der Waals surface area (Å²) in [6.45, 7) is 1.88. The number of alkyl halides is 4. The number of rotatable bonds is 9. The van der Waals surface area contributed by atoms with E-state index in [2.05, 4.69) is 32.7 Å². The van der Waals surface area contributed by atoms with Crippen LogP contribution in [0.5, 0.6) is 0 Å². The predicted octanol–water partition coefficient (Wildman–Crippen LogP) is 6.31. The summed E-state index contributed by atoms with van der Waals surface area (Å²) in [5.74, 6) is -1.12. The number of anilines is 1. The number of nitrogens with two attached hydrogens (primary N) is 1. The van der Waals surface area contributed by atoms with Gasteiger partial charge in [-0.25, -0.2) is 27.3 Å². The Kier molecular flexibility index (Phi) is 10.5. The summed E-state index contributed by atoms with van der Waals surface area (Å²) in [5, 5.41) is 23.8. The van der Waals surface area contributed by atoms with E-state index in [1.807, 2.05) is 5.92 Å². The summed E-state index contributed by atoms with van der Waals surface area (Å²) in [6.07, 6.45) is 1.11. The highest BCUT2D eigenvalue weighted by Gasteiger charge is 2.53. The first-order valence-corrected chi connectivity index (χ1v) is 17.1. The van der Waals surface area contributed by atoms with Gasteiger partial charge in [-0.2, -0.15) is 19.0 Å². The largest absolute Gasteiger partial charge is 0.378 e. The molecule has 0 fully saturated rings. The zero-order valence-electron chi connectivity index (χ0n) is 29.7. The van der Waals surface area contributed by atoms with E-state index in [9.17, 15) is 32.3 Å². The Morgan fingerprint density at radius 2 is 1.79 bits per heavy atom. The maximum Gasteiger partial charge on any atom is 0.317 e. The zero-order chi connectivity index (χ0) is 40.9. The van der Waals surface area contributed by atoms with Crippen molar-refractivity contribution in [3.05, 3.63) is 93.0 Å². The second-order valence-electron chi connectivity index (χ2n) is 13.5. The monoisotopic (exact) mass is 796 g/mol. The average molecular weight is 797 g/mol. The van der Waals surface area contributed by atoms with Crippen LogP contribution in [-0.4, -0.2) is 47.2 Å². The van der Waals surface area contributed by atoms with E-state index in [0.29, 0.717) is 21.8 Å². The number of nitrogens with zero attached hydrogens (tertiary/aromatic N) is 5. The van der Waals surface area contributed by atoms with Crippen molar-refractivity contribution in [3.63, 3.8) is 0 Å². The van der Waals surface area contributed by atoms with E-state index in [1.165, 1.54) is 30.7 Å². The molecular formula is C38H31ClF6N8O3. The maximum atomic E-state index is 15.4. The van der Waals surface area contributed by atoms with Gasteiger partial charge in [-0.3, -0.25) is 19.5 Å². The van der Waals surface area contributed by atoms with Gasteiger partial charge in [-0.15, -0.1) is 6.42 Å². The Morgan fingerprint density at radius 3 is 2.41 bits per heavy atom. The first-order chi connectivity index (χ1) is 26.3. The lowest BCUT2D eigenvalue weighted by Gasteiger charge is -2.23. The summed E-state index contributed by atoms with van der Waals surface area (Å²) in [4.78, 5) is 30.4. The molecule has 0 saturated heterocycles. The number of urea groups is 1.